The third-order valence-corrected chi connectivity index (χ3v) is 3.10. The van der Waals surface area contributed by atoms with E-state index in [9.17, 15) is 4.79 Å². The van der Waals surface area contributed by atoms with Crippen LogP contribution >= 0.6 is 0 Å². The molecule has 0 radical (unpaired) electrons. The van der Waals surface area contributed by atoms with Crippen LogP contribution in [0.15, 0.2) is 24.3 Å². The molecule has 0 N–H and O–H groups in total. The highest BCUT2D eigenvalue weighted by atomic mass is 16.5. The van der Waals surface area contributed by atoms with Crippen molar-refractivity contribution in [3.63, 3.8) is 0 Å². The number of hydrogen-bond acceptors (Lipinski definition) is 3. The van der Waals surface area contributed by atoms with Gasteiger partial charge in [0.1, 0.15) is 5.75 Å². The predicted molar refractivity (Wildman–Crippen MR) is 76.6 cm³/mol. The Balaban J connectivity index is 2.36. The molecule has 0 aliphatic rings. The van der Waals surface area contributed by atoms with Crippen molar-refractivity contribution in [1.29, 1.82) is 0 Å². The average molecular weight is 264 g/mol. The van der Waals surface area contributed by atoms with Crippen molar-refractivity contribution in [2.75, 3.05) is 7.11 Å². The molecule has 1 rings (SSSR count). The van der Waals surface area contributed by atoms with Crippen LogP contribution in [0.4, 0.5) is 0 Å². The fraction of sp³-hybridized carbons (Fsp3) is 0.562. The summed E-state index contributed by atoms with van der Waals surface area (Å²) >= 11 is 0. The minimum absolute atomic E-state index is 0.0218. The molecule has 1 aromatic rings. The van der Waals surface area contributed by atoms with E-state index in [4.69, 9.17) is 9.47 Å². The van der Waals surface area contributed by atoms with Crippen LogP contribution in [0.3, 0.4) is 0 Å². The molecule has 3 heteroatoms. The third kappa shape index (κ3) is 5.77. The SMILES string of the molecule is CCCCCCC(C)OC(=O)c1ccc(OC)cc1. The molecule has 0 aliphatic carbocycles. The maximum atomic E-state index is 11.9. The molecule has 0 saturated carbocycles. The Morgan fingerprint density at radius 1 is 1.16 bits per heavy atom. The Morgan fingerprint density at radius 2 is 1.84 bits per heavy atom. The van der Waals surface area contributed by atoms with Gasteiger partial charge in [0, 0.05) is 0 Å². The summed E-state index contributed by atoms with van der Waals surface area (Å²) in [5, 5.41) is 0. The number of carbonyl (C=O) groups is 1. The van der Waals surface area contributed by atoms with Gasteiger partial charge in [-0.3, -0.25) is 0 Å². The predicted octanol–water partition coefficient (Wildman–Crippen LogP) is 4.21. The molecule has 0 saturated heterocycles. The van der Waals surface area contributed by atoms with Gasteiger partial charge >= 0.3 is 5.97 Å². The van der Waals surface area contributed by atoms with E-state index in [-0.39, 0.29) is 12.1 Å². The molecular weight excluding hydrogens is 240 g/mol. The molecule has 0 bridgehead atoms. The fourth-order valence-corrected chi connectivity index (χ4v) is 1.90. The Labute approximate surface area is 115 Å². The molecule has 0 aliphatic heterocycles. The molecule has 106 valence electrons. The summed E-state index contributed by atoms with van der Waals surface area (Å²) < 4.78 is 10.5. The largest absolute Gasteiger partial charge is 0.497 e. The lowest BCUT2D eigenvalue weighted by Gasteiger charge is -2.13. The maximum Gasteiger partial charge on any atom is 0.338 e. The van der Waals surface area contributed by atoms with Gasteiger partial charge < -0.3 is 9.47 Å². The molecule has 1 atom stereocenters. The molecule has 0 amide bonds. The standard InChI is InChI=1S/C16H24O3/c1-4-5-6-7-8-13(2)19-16(17)14-9-11-15(18-3)12-10-14/h9-13H,4-8H2,1-3H3. The highest BCUT2D eigenvalue weighted by Gasteiger charge is 2.11. The molecule has 19 heavy (non-hydrogen) atoms. The third-order valence-electron chi connectivity index (χ3n) is 3.10. The summed E-state index contributed by atoms with van der Waals surface area (Å²) in [5.41, 5.74) is 0.571. The molecule has 0 fully saturated rings. The van der Waals surface area contributed by atoms with Crippen LogP contribution in [0.2, 0.25) is 0 Å². The van der Waals surface area contributed by atoms with E-state index in [0.29, 0.717) is 5.56 Å². The number of methoxy groups -OCH3 is 1. The van der Waals surface area contributed by atoms with E-state index in [1.54, 1.807) is 31.4 Å². The molecule has 0 heterocycles. The van der Waals surface area contributed by atoms with E-state index in [1.165, 1.54) is 19.3 Å². The molecular formula is C16H24O3. The Morgan fingerprint density at radius 3 is 2.42 bits per heavy atom. The second kappa shape index (κ2) is 8.57. The lowest BCUT2D eigenvalue weighted by atomic mass is 10.1. The van der Waals surface area contributed by atoms with Crippen LogP contribution in [0, 0.1) is 0 Å². The number of unbranched alkanes of at least 4 members (excludes halogenated alkanes) is 3. The number of benzene rings is 1. The van der Waals surface area contributed by atoms with Crippen molar-refractivity contribution >= 4 is 5.97 Å². The number of hydrogen-bond donors (Lipinski definition) is 0. The van der Waals surface area contributed by atoms with Gasteiger partial charge in [-0.15, -0.1) is 0 Å². The van der Waals surface area contributed by atoms with Crippen LogP contribution in [0.1, 0.15) is 56.3 Å². The van der Waals surface area contributed by atoms with Gasteiger partial charge in [-0.25, -0.2) is 4.79 Å². The number of carbonyl (C=O) groups excluding carboxylic acids is 1. The topological polar surface area (TPSA) is 35.5 Å². The summed E-state index contributed by atoms with van der Waals surface area (Å²) in [5.74, 6) is 0.481. The zero-order valence-corrected chi connectivity index (χ0v) is 12.1. The van der Waals surface area contributed by atoms with E-state index in [2.05, 4.69) is 6.92 Å². The van der Waals surface area contributed by atoms with Crippen molar-refractivity contribution in [3.8, 4) is 5.75 Å². The minimum Gasteiger partial charge on any atom is -0.497 e. The van der Waals surface area contributed by atoms with Gasteiger partial charge in [0.05, 0.1) is 18.8 Å². The quantitative estimate of drug-likeness (QED) is 0.521. The van der Waals surface area contributed by atoms with Crippen LogP contribution in [0.25, 0.3) is 0 Å². The second-order valence-electron chi connectivity index (χ2n) is 4.79. The first kappa shape index (κ1) is 15.5. The van der Waals surface area contributed by atoms with E-state index < -0.39 is 0 Å². The van der Waals surface area contributed by atoms with Crippen molar-refractivity contribution in [2.24, 2.45) is 0 Å². The normalized spacial score (nSPS) is 11.9. The fourth-order valence-electron chi connectivity index (χ4n) is 1.90. The summed E-state index contributed by atoms with van der Waals surface area (Å²) in [6.45, 7) is 4.14. The Bertz CT molecular complexity index is 370. The van der Waals surface area contributed by atoms with Gasteiger partial charge in [0.25, 0.3) is 0 Å². The number of esters is 1. The first-order valence-electron chi connectivity index (χ1n) is 7.02. The summed E-state index contributed by atoms with van der Waals surface area (Å²) in [7, 11) is 1.60. The van der Waals surface area contributed by atoms with Gasteiger partial charge in [0.2, 0.25) is 0 Å². The van der Waals surface area contributed by atoms with Crippen LogP contribution in [-0.2, 0) is 4.74 Å². The van der Waals surface area contributed by atoms with Crippen molar-refractivity contribution in [2.45, 2.75) is 52.1 Å². The molecule has 1 unspecified atom stereocenters. The Hall–Kier alpha value is -1.51. The Kier molecular flexibility index (Phi) is 7.01. The van der Waals surface area contributed by atoms with Gasteiger partial charge in [-0.2, -0.15) is 0 Å². The molecule has 1 aromatic carbocycles. The zero-order valence-electron chi connectivity index (χ0n) is 12.1. The van der Waals surface area contributed by atoms with Crippen molar-refractivity contribution < 1.29 is 14.3 Å². The van der Waals surface area contributed by atoms with Crippen LogP contribution in [0.5, 0.6) is 5.75 Å². The highest BCUT2D eigenvalue weighted by molar-refractivity contribution is 5.89. The first-order valence-corrected chi connectivity index (χ1v) is 7.02. The van der Waals surface area contributed by atoms with Crippen molar-refractivity contribution in [3.05, 3.63) is 29.8 Å². The molecule has 0 aromatic heterocycles. The van der Waals surface area contributed by atoms with Gasteiger partial charge in [-0.1, -0.05) is 26.2 Å². The number of rotatable bonds is 8. The van der Waals surface area contributed by atoms with E-state index in [0.717, 1.165) is 18.6 Å². The van der Waals surface area contributed by atoms with E-state index in [1.807, 2.05) is 6.92 Å². The highest BCUT2D eigenvalue weighted by Crippen LogP contribution is 2.14. The van der Waals surface area contributed by atoms with E-state index >= 15 is 0 Å². The second-order valence-corrected chi connectivity index (χ2v) is 4.79. The molecule has 3 nitrogen and oxygen atoms in total. The van der Waals surface area contributed by atoms with Gasteiger partial charge in [0.15, 0.2) is 0 Å². The van der Waals surface area contributed by atoms with Crippen LogP contribution < -0.4 is 4.74 Å². The monoisotopic (exact) mass is 264 g/mol. The van der Waals surface area contributed by atoms with Crippen molar-refractivity contribution in [1.82, 2.24) is 0 Å². The maximum absolute atomic E-state index is 11.9. The summed E-state index contributed by atoms with van der Waals surface area (Å²) in [6.07, 6.45) is 5.71. The molecule has 0 spiro atoms. The lowest BCUT2D eigenvalue weighted by Crippen LogP contribution is -2.15. The van der Waals surface area contributed by atoms with Crippen LogP contribution in [-0.4, -0.2) is 19.2 Å². The summed E-state index contributed by atoms with van der Waals surface area (Å²) in [4.78, 5) is 11.9. The first-order chi connectivity index (χ1) is 9.17. The smallest absolute Gasteiger partial charge is 0.338 e. The lowest BCUT2D eigenvalue weighted by molar-refractivity contribution is 0.0319. The summed E-state index contributed by atoms with van der Waals surface area (Å²) in [6, 6.07) is 6.99. The zero-order chi connectivity index (χ0) is 14.1. The average Bonchev–Trinajstić information content (AvgIpc) is 2.43. The minimum atomic E-state index is -0.259. The number of ether oxygens (including phenoxy) is 2. The van der Waals surface area contributed by atoms with Gasteiger partial charge in [-0.05, 0) is 44.0 Å².